The lowest BCUT2D eigenvalue weighted by Gasteiger charge is -2.42. The van der Waals surface area contributed by atoms with Crippen LogP contribution in [0.15, 0.2) is 12.4 Å². The molecule has 1 aromatic heterocycles. The molecule has 0 bridgehead atoms. The van der Waals surface area contributed by atoms with Crippen molar-refractivity contribution in [2.75, 3.05) is 59.7 Å². The zero-order valence-electron chi connectivity index (χ0n) is 17.1. The maximum absolute atomic E-state index is 6.16. The van der Waals surface area contributed by atoms with E-state index < -0.39 is 0 Å². The van der Waals surface area contributed by atoms with Crippen LogP contribution in [-0.2, 0) is 23.1 Å². The zero-order chi connectivity index (χ0) is 18.7. The summed E-state index contributed by atoms with van der Waals surface area (Å²) in [6.45, 7) is 9.61. The molecule has 6 heteroatoms. The standard InChI is InChI=1S/C21H36N4O2/c1-23-12-19(11-22-23)13-24-7-5-21(6-8-24)17-25(9-10-26-2)14-20(21)16-27-15-18-3-4-18/h11-12,18,20H,3-10,13-17H2,1-2H3/t20-/m1/s1. The number of hydrogen-bond donors (Lipinski definition) is 0. The van der Waals surface area contributed by atoms with Gasteiger partial charge in [-0.25, -0.2) is 0 Å². The fraction of sp³-hybridized carbons (Fsp3) is 0.857. The highest BCUT2D eigenvalue weighted by molar-refractivity contribution is 5.05. The minimum absolute atomic E-state index is 0.433. The van der Waals surface area contributed by atoms with E-state index in [1.807, 2.05) is 17.9 Å². The minimum atomic E-state index is 0.433. The van der Waals surface area contributed by atoms with Gasteiger partial charge in [0.1, 0.15) is 0 Å². The molecule has 4 rings (SSSR count). The molecule has 0 amide bonds. The largest absolute Gasteiger partial charge is 0.383 e. The third-order valence-corrected chi connectivity index (χ3v) is 6.88. The Labute approximate surface area is 163 Å². The molecular weight excluding hydrogens is 340 g/mol. The van der Waals surface area contributed by atoms with Crippen molar-refractivity contribution in [1.82, 2.24) is 19.6 Å². The van der Waals surface area contributed by atoms with Crippen molar-refractivity contribution in [2.24, 2.45) is 24.3 Å². The van der Waals surface area contributed by atoms with Gasteiger partial charge in [-0.15, -0.1) is 0 Å². The summed E-state index contributed by atoms with van der Waals surface area (Å²) in [4.78, 5) is 5.22. The van der Waals surface area contributed by atoms with Gasteiger partial charge in [-0.2, -0.15) is 5.10 Å². The maximum Gasteiger partial charge on any atom is 0.0589 e. The molecule has 1 spiro atoms. The second-order valence-corrected chi connectivity index (χ2v) is 9.07. The van der Waals surface area contributed by atoms with Crippen molar-refractivity contribution in [3.8, 4) is 0 Å². The van der Waals surface area contributed by atoms with Gasteiger partial charge in [0.2, 0.25) is 0 Å². The number of piperidine rings is 1. The van der Waals surface area contributed by atoms with Crippen molar-refractivity contribution < 1.29 is 9.47 Å². The van der Waals surface area contributed by atoms with E-state index in [9.17, 15) is 0 Å². The Bertz CT molecular complexity index is 593. The smallest absolute Gasteiger partial charge is 0.0589 e. The average Bonchev–Trinajstić information content (AvgIpc) is 3.31. The summed E-state index contributed by atoms with van der Waals surface area (Å²) < 4.78 is 13.4. The molecular formula is C21H36N4O2. The number of nitrogens with zero attached hydrogens (tertiary/aromatic N) is 4. The van der Waals surface area contributed by atoms with E-state index in [-0.39, 0.29) is 0 Å². The van der Waals surface area contributed by atoms with E-state index >= 15 is 0 Å². The van der Waals surface area contributed by atoms with Crippen LogP contribution in [-0.4, -0.2) is 79.2 Å². The molecule has 0 N–H and O–H groups in total. The topological polar surface area (TPSA) is 42.8 Å². The summed E-state index contributed by atoms with van der Waals surface area (Å²) in [6.07, 6.45) is 9.46. The predicted molar refractivity (Wildman–Crippen MR) is 106 cm³/mol. The molecule has 0 unspecified atom stereocenters. The first kappa shape index (κ1) is 19.4. The highest BCUT2D eigenvalue weighted by atomic mass is 16.5. The minimum Gasteiger partial charge on any atom is -0.383 e. The number of aromatic nitrogens is 2. The Morgan fingerprint density at radius 3 is 2.67 bits per heavy atom. The van der Waals surface area contributed by atoms with Gasteiger partial charge in [-0.05, 0) is 50.1 Å². The van der Waals surface area contributed by atoms with Crippen LogP contribution in [0.1, 0.15) is 31.2 Å². The summed E-state index contributed by atoms with van der Waals surface area (Å²) in [5, 5.41) is 4.31. The molecule has 3 aliphatic rings. The number of methoxy groups -OCH3 is 1. The normalized spacial score (nSPS) is 26.2. The molecule has 0 aromatic carbocycles. The van der Waals surface area contributed by atoms with Gasteiger partial charge in [0.25, 0.3) is 0 Å². The second-order valence-electron chi connectivity index (χ2n) is 9.07. The Hall–Kier alpha value is -0.950. The molecule has 1 saturated carbocycles. The Balaban J connectivity index is 1.32. The van der Waals surface area contributed by atoms with E-state index in [4.69, 9.17) is 9.47 Å². The van der Waals surface area contributed by atoms with Crippen LogP contribution in [0, 0.1) is 17.3 Å². The van der Waals surface area contributed by atoms with Gasteiger partial charge in [0.05, 0.1) is 19.4 Å². The average molecular weight is 377 g/mol. The van der Waals surface area contributed by atoms with Crippen molar-refractivity contribution in [3.05, 3.63) is 18.0 Å². The fourth-order valence-electron chi connectivity index (χ4n) is 4.96. The van der Waals surface area contributed by atoms with E-state index in [1.54, 1.807) is 7.11 Å². The molecule has 6 nitrogen and oxygen atoms in total. The maximum atomic E-state index is 6.16. The van der Waals surface area contributed by atoms with Gasteiger partial charge < -0.3 is 14.4 Å². The van der Waals surface area contributed by atoms with Gasteiger partial charge in [0, 0.05) is 64.6 Å². The number of aryl methyl sites for hydroxylation is 1. The van der Waals surface area contributed by atoms with Crippen LogP contribution in [0.4, 0.5) is 0 Å². The van der Waals surface area contributed by atoms with E-state index in [0.717, 1.165) is 38.8 Å². The van der Waals surface area contributed by atoms with Crippen molar-refractivity contribution in [2.45, 2.75) is 32.2 Å². The second kappa shape index (κ2) is 8.60. The van der Waals surface area contributed by atoms with E-state index in [0.29, 0.717) is 11.3 Å². The third-order valence-electron chi connectivity index (χ3n) is 6.88. The third kappa shape index (κ3) is 4.91. The summed E-state index contributed by atoms with van der Waals surface area (Å²) in [6, 6.07) is 0. The summed E-state index contributed by atoms with van der Waals surface area (Å²) in [7, 11) is 3.80. The molecule has 3 fully saturated rings. The van der Waals surface area contributed by atoms with E-state index in [2.05, 4.69) is 21.1 Å². The molecule has 2 aliphatic heterocycles. The SMILES string of the molecule is COCCN1C[C@H](COCC2CC2)C2(CCN(Cc3cnn(C)c3)CC2)C1. The summed E-state index contributed by atoms with van der Waals surface area (Å²) >= 11 is 0. The number of likely N-dealkylation sites (tertiary alicyclic amines) is 2. The lowest BCUT2D eigenvalue weighted by molar-refractivity contribution is 0.0166. The van der Waals surface area contributed by atoms with Crippen LogP contribution in [0.5, 0.6) is 0 Å². The van der Waals surface area contributed by atoms with Crippen LogP contribution < -0.4 is 0 Å². The Kier molecular flexibility index (Phi) is 6.17. The van der Waals surface area contributed by atoms with E-state index in [1.165, 1.54) is 57.4 Å². The summed E-state index contributed by atoms with van der Waals surface area (Å²) in [5.74, 6) is 1.53. The van der Waals surface area contributed by atoms with Gasteiger partial charge >= 0.3 is 0 Å². The Morgan fingerprint density at radius 2 is 2.00 bits per heavy atom. The predicted octanol–water partition coefficient (Wildman–Crippen LogP) is 2.01. The van der Waals surface area contributed by atoms with Crippen LogP contribution >= 0.6 is 0 Å². The molecule has 2 saturated heterocycles. The van der Waals surface area contributed by atoms with Crippen molar-refractivity contribution in [3.63, 3.8) is 0 Å². The van der Waals surface area contributed by atoms with Crippen molar-refractivity contribution in [1.29, 1.82) is 0 Å². The first-order chi connectivity index (χ1) is 13.2. The molecule has 0 radical (unpaired) electrons. The fourth-order valence-corrected chi connectivity index (χ4v) is 4.96. The van der Waals surface area contributed by atoms with Crippen LogP contribution in [0.2, 0.25) is 0 Å². The molecule has 1 aromatic rings. The molecule has 1 atom stereocenters. The molecule has 1 aliphatic carbocycles. The molecule has 152 valence electrons. The molecule has 3 heterocycles. The van der Waals surface area contributed by atoms with Gasteiger partial charge in [-0.1, -0.05) is 0 Å². The van der Waals surface area contributed by atoms with Crippen LogP contribution in [0.3, 0.4) is 0 Å². The highest BCUT2D eigenvalue weighted by Gasteiger charge is 2.47. The monoisotopic (exact) mass is 376 g/mol. The lowest BCUT2D eigenvalue weighted by Crippen LogP contribution is -2.45. The first-order valence-corrected chi connectivity index (χ1v) is 10.7. The number of rotatable bonds is 9. The lowest BCUT2D eigenvalue weighted by atomic mass is 9.71. The highest BCUT2D eigenvalue weighted by Crippen LogP contribution is 2.45. The number of hydrogen-bond acceptors (Lipinski definition) is 5. The van der Waals surface area contributed by atoms with Gasteiger partial charge in [-0.3, -0.25) is 9.58 Å². The zero-order valence-corrected chi connectivity index (χ0v) is 17.1. The quantitative estimate of drug-likeness (QED) is 0.660. The first-order valence-electron chi connectivity index (χ1n) is 10.7. The van der Waals surface area contributed by atoms with Crippen molar-refractivity contribution >= 4 is 0 Å². The molecule has 27 heavy (non-hydrogen) atoms. The summed E-state index contributed by atoms with van der Waals surface area (Å²) in [5.41, 5.74) is 1.76. The Morgan fingerprint density at radius 1 is 1.19 bits per heavy atom. The van der Waals surface area contributed by atoms with Gasteiger partial charge in [0.15, 0.2) is 0 Å². The van der Waals surface area contributed by atoms with Crippen LogP contribution in [0.25, 0.3) is 0 Å². The number of ether oxygens (including phenoxy) is 2.